The lowest BCUT2D eigenvalue weighted by molar-refractivity contribution is 0.0527. The maximum Gasteiger partial charge on any atom is 0.407 e. The second-order valence-electron chi connectivity index (χ2n) is 6.92. The fourth-order valence-electron chi connectivity index (χ4n) is 2.52. The summed E-state index contributed by atoms with van der Waals surface area (Å²) in [6.07, 6.45) is 2.51. The Hall–Kier alpha value is -2.32. The number of fused-ring (bicyclic) bond motifs is 1. The van der Waals surface area contributed by atoms with Crippen molar-refractivity contribution in [3.05, 3.63) is 11.6 Å². The van der Waals surface area contributed by atoms with E-state index in [1.54, 1.807) is 7.05 Å². The van der Waals surface area contributed by atoms with E-state index in [4.69, 9.17) is 4.74 Å². The van der Waals surface area contributed by atoms with Crippen LogP contribution in [0.5, 0.6) is 0 Å². The first-order chi connectivity index (χ1) is 11.9. The van der Waals surface area contributed by atoms with Gasteiger partial charge in [-0.1, -0.05) is 0 Å². The van der Waals surface area contributed by atoms with Gasteiger partial charge in [0.15, 0.2) is 11.8 Å². The third kappa shape index (κ3) is 6.24. The first-order valence-corrected chi connectivity index (χ1v) is 8.71. The fraction of sp³-hybridized carbons (Fsp3) is 0.750. The molecule has 0 saturated heterocycles. The molecule has 1 aromatic rings. The van der Waals surface area contributed by atoms with Crippen LogP contribution in [-0.4, -0.2) is 52.6 Å². The number of alkyl carbamates (subject to hydrolysis) is 1. The molecule has 0 saturated carbocycles. The Balaban J connectivity index is 1.61. The minimum absolute atomic E-state index is 0.393. The van der Waals surface area contributed by atoms with E-state index in [2.05, 4.69) is 35.7 Å². The van der Waals surface area contributed by atoms with Crippen molar-refractivity contribution in [2.75, 3.05) is 20.1 Å². The molecule has 1 aliphatic heterocycles. The standard InChI is InChI=1S/C16H29N7O2/c1-16(2,3)25-15(24)19-9-6-8-18-14(17-4)20-11-13-22-21-12-7-5-10-23(12)13/h5-11H2,1-4H3,(H,19,24)(H2,17,18,20). The van der Waals surface area contributed by atoms with Crippen LogP contribution in [-0.2, 0) is 24.2 Å². The average molecular weight is 351 g/mol. The number of nitrogens with zero attached hydrogens (tertiary/aromatic N) is 4. The molecule has 2 heterocycles. The summed E-state index contributed by atoms with van der Waals surface area (Å²) in [7, 11) is 1.72. The Labute approximate surface area is 148 Å². The number of carbonyl (C=O) groups is 1. The number of aryl methyl sites for hydroxylation is 1. The third-order valence-electron chi connectivity index (χ3n) is 3.64. The van der Waals surface area contributed by atoms with Gasteiger partial charge in [0.2, 0.25) is 0 Å². The highest BCUT2D eigenvalue weighted by Gasteiger charge is 2.17. The Morgan fingerprint density at radius 2 is 2.00 bits per heavy atom. The van der Waals surface area contributed by atoms with E-state index in [9.17, 15) is 4.79 Å². The molecule has 140 valence electrons. The number of carbonyl (C=O) groups excluding carboxylic acids is 1. The minimum Gasteiger partial charge on any atom is -0.444 e. The van der Waals surface area contributed by atoms with Gasteiger partial charge in [-0.05, 0) is 33.6 Å². The zero-order valence-electron chi connectivity index (χ0n) is 15.6. The van der Waals surface area contributed by atoms with Crippen LogP contribution in [0.4, 0.5) is 4.79 Å². The molecule has 0 fully saturated rings. The predicted octanol–water partition coefficient (Wildman–Crippen LogP) is 0.804. The zero-order chi connectivity index (χ0) is 18.3. The van der Waals surface area contributed by atoms with Crippen LogP contribution >= 0.6 is 0 Å². The van der Waals surface area contributed by atoms with Gasteiger partial charge in [0.05, 0.1) is 6.54 Å². The van der Waals surface area contributed by atoms with Crippen molar-refractivity contribution >= 4 is 12.1 Å². The van der Waals surface area contributed by atoms with Gasteiger partial charge in [-0.2, -0.15) is 0 Å². The smallest absolute Gasteiger partial charge is 0.407 e. The number of rotatable bonds is 6. The second kappa shape index (κ2) is 8.68. The van der Waals surface area contributed by atoms with Crippen LogP contribution in [0.25, 0.3) is 0 Å². The van der Waals surface area contributed by atoms with Gasteiger partial charge in [0.25, 0.3) is 0 Å². The summed E-state index contributed by atoms with van der Waals surface area (Å²) in [6.45, 7) is 8.33. The molecule has 25 heavy (non-hydrogen) atoms. The number of nitrogens with one attached hydrogen (secondary N) is 3. The molecule has 0 spiro atoms. The highest BCUT2D eigenvalue weighted by atomic mass is 16.6. The summed E-state index contributed by atoms with van der Waals surface area (Å²) >= 11 is 0. The van der Waals surface area contributed by atoms with Crippen LogP contribution in [0.15, 0.2) is 4.99 Å². The number of guanidine groups is 1. The molecule has 2 rings (SSSR count). The van der Waals surface area contributed by atoms with Gasteiger partial charge in [0.1, 0.15) is 11.4 Å². The van der Waals surface area contributed by atoms with E-state index in [0.29, 0.717) is 25.6 Å². The average Bonchev–Trinajstić information content (AvgIpc) is 3.12. The van der Waals surface area contributed by atoms with Gasteiger partial charge in [0, 0.05) is 33.1 Å². The fourth-order valence-corrected chi connectivity index (χ4v) is 2.52. The SMILES string of the molecule is CN=C(NCCCNC(=O)OC(C)(C)C)NCc1nnc2n1CCC2. The van der Waals surface area contributed by atoms with E-state index in [1.165, 1.54) is 0 Å². The van der Waals surface area contributed by atoms with E-state index in [-0.39, 0.29) is 0 Å². The van der Waals surface area contributed by atoms with Gasteiger partial charge in [-0.15, -0.1) is 10.2 Å². The van der Waals surface area contributed by atoms with E-state index >= 15 is 0 Å². The van der Waals surface area contributed by atoms with Gasteiger partial charge in [-0.3, -0.25) is 4.99 Å². The van der Waals surface area contributed by atoms with Gasteiger partial charge in [-0.25, -0.2) is 4.79 Å². The summed E-state index contributed by atoms with van der Waals surface area (Å²) < 4.78 is 7.34. The summed E-state index contributed by atoms with van der Waals surface area (Å²) in [5, 5.41) is 17.6. The third-order valence-corrected chi connectivity index (χ3v) is 3.64. The lowest BCUT2D eigenvalue weighted by Gasteiger charge is -2.19. The molecule has 0 aromatic carbocycles. The largest absolute Gasteiger partial charge is 0.444 e. The molecule has 0 aliphatic carbocycles. The predicted molar refractivity (Wildman–Crippen MR) is 95.4 cm³/mol. The highest BCUT2D eigenvalue weighted by molar-refractivity contribution is 5.79. The Morgan fingerprint density at radius 3 is 2.72 bits per heavy atom. The van der Waals surface area contributed by atoms with Crippen LogP contribution in [0.2, 0.25) is 0 Å². The van der Waals surface area contributed by atoms with Crippen molar-refractivity contribution in [3.8, 4) is 0 Å². The lowest BCUT2D eigenvalue weighted by Crippen LogP contribution is -2.39. The molecule has 0 unspecified atom stereocenters. The van der Waals surface area contributed by atoms with E-state index in [1.807, 2.05) is 20.8 Å². The highest BCUT2D eigenvalue weighted by Crippen LogP contribution is 2.13. The minimum atomic E-state index is -0.476. The molecule has 1 amide bonds. The van der Waals surface area contributed by atoms with Crippen molar-refractivity contribution < 1.29 is 9.53 Å². The van der Waals surface area contributed by atoms with Crippen molar-refractivity contribution in [3.63, 3.8) is 0 Å². The molecule has 1 aliphatic rings. The first-order valence-electron chi connectivity index (χ1n) is 8.71. The number of hydrogen-bond acceptors (Lipinski definition) is 5. The van der Waals surface area contributed by atoms with Gasteiger partial charge < -0.3 is 25.3 Å². The quantitative estimate of drug-likeness (QED) is 0.398. The molecule has 0 radical (unpaired) electrons. The number of hydrogen-bond donors (Lipinski definition) is 3. The van der Waals surface area contributed by atoms with Crippen molar-refractivity contribution in [2.45, 2.75) is 58.7 Å². The van der Waals surface area contributed by atoms with E-state index in [0.717, 1.165) is 37.5 Å². The van der Waals surface area contributed by atoms with Crippen molar-refractivity contribution in [2.24, 2.45) is 4.99 Å². The monoisotopic (exact) mass is 351 g/mol. The number of amides is 1. The molecule has 0 atom stereocenters. The topological polar surface area (TPSA) is 105 Å². The molecule has 0 bridgehead atoms. The normalized spacial score (nSPS) is 14.2. The van der Waals surface area contributed by atoms with Gasteiger partial charge >= 0.3 is 6.09 Å². The Morgan fingerprint density at radius 1 is 1.24 bits per heavy atom. The molecule has 9 nitrogen and oxygen atoms in total. The van der Waals surface area contributed by atoms with Crippen LogP contribution in [0.1, 0.15) is 45.3 Å². The van der Waals surface area contributed by atoms with E-state index < -0.39 is 11.7 Å². The molecule has 1 aromatic heterocycles. The molecule has 3 N–H and O–H groups in total. The summed E-state index contributed by atoms with van der Waals surface area (Å²) in [5.74, 6) is 2.70. The number of ether oxygens (including phenoxy) is 1. The maximum atomic E-state index is 11.5. The van der Waals surface area contributed by atoms with Crippen LogP contribution in [0.3, 0.4) is 0 Å². The molecule has 9 heteroatoms. The summed E-state index contributed by atoms with van der Waals surface area (Å²) in [4.78, 5) is 15.7. The molecular formula is C16H29N7O2. The summed E-state index contributed by atoms with van der Waals surface area (Å²) in [6, 6.07) is 0. The Kier molecular flexibility index (Phi) is 6.60. The number of aliphatic imine (C=N–C) groups is 1. The zero-order valence-corrected chi connectivity index (χ0v) is 15.6. The second-order valence-corrected chi connectivity index (χ2v) is 6.92. The lowest BCUT2D eigenvalue weighted by atomic mass is 10.2. The van der Waals surface area contributed by atoms with Crippen molar-refractivity contribution in [1.82, 2.24) is 30.7 Å². The maximum absolute atomic E-state index is 11.5. The van der Waals surface area contributed by atoms with Crippen molar-refractivity contribution in [1.29, 1.82) is 0 Å². The number of aromatic nitrogens is 3. The summed E-state index contributed by atoms with van der Waals surface area (Å²) in [5.41, 5.74) is -0.476. The molecular weight excluding hydrogens is 322 g/mol. The van der Waals surface area contributed by atoms with Crippen LogP contribution in [0, 0.1) is 0 Å². The van der Waals surface area contributed by atoms with Crippen LogP contribution < -0.4 is 16.0 Å². The Bertz CT molecular complexity index is 604. The first kappa shape index (κ1) is 19.0.